The van der Waals surface area contributed by atoms with Crippen LogP contribution in [0.4, 0.5) is 0 Å². The Hall–Kier alpha value is -5.47. The van der Waals surface area contributed by atoms with Crippen molar-refractivity contribution in [1.29, 1.82) is 0 Å². The number of hydrogen-bond acceptors (Lipinski definition) is 6. The first-order chi connectivity index (χ1) is 23.3. The molecule has 0 unspecified atom stereocenters. The van der Waals surface area contributed by atoms with Gasteiger partial charge in [-0.2, -0.15) is 0 Å². The van der Waals surface area contributed by atoms with E-state index in [1.807, 2.05) is 49.4 Å². The summed E-state index contributed by atoms with van der Waals surface area (Å²) in [6, 6.07) is 21.4. The van der Waals surface area contributed by atoms with Crippen molar-refractivity contribution in [2.75, 3.05) is 0 Å². The van der Waals surface area contributed by atoms with Gasteiger partial charge in [0.2, 0.25) is 0 Å². The number of terminal acetylenes is 1. The summed E-state index contributed by atoms with van der Waals surface area (Å²) in [4.78, 5) is 52.3. The average Bonchev–Trinajstić information content (AvgIpc) is 3.89. The van der Waals surface area contributed by atoms with E-state index in [9.17, 15) is 14.4 Å². The molecule has 1 aliphatic carbocycles. The van der Waals surface area contributed by atoms with Crippen molar-refractivity contribution in [2.45, 2.75) is 51.5 Å². The molecule has 3 heterocycles. The molecule has 1 atom stereocenters. The number of hydrogen-bond donors (Lipinski definition) is 1. The predicted octanol–water partition coefficient (Wildman–Crippen LogP) is 5.36. The molecule has 2 amide bonds. The summed E-state index contributed by atoms with van der Waals surface area (Å²) in [5.74, 6) is 2.61. The number of halogens is 1. The highest BCUT2D eigenvalue weighted by Gasteiger charge is 2.35. The van der Waals surface area contributed by atoms with Gasteiger partial charge in [-0.1, -0.05) is 30.2 Å². The molecular weight excluding hydrogens is 672 g/mol. The van der Waals surface area contributed by atoms with E-state index in [4.69, 9.17) is 11.2 Å². The van der Waals surface area contributed by atoms with E-state index in [-0.39, 0.29) is 49.1 Å². The number of carbonyl (C=O) groups excluding carboxylic acids is 2. The van der Waals surface area contributed by atoms with E-state index >= 15 is 0 Å². The highest BCUT2D eigenvalue weighted by Crippen LogP contribution is 2.29. The molecule has 2 aliphatic rings. The van der Waals surface area contributed by atoms with Crippen molar-refractivity contribution in [2.24, 2.45) is 0 Å². The summed E-state index contributed by atoms with van der Waals surface area (Å²) in [5, 5.41) is 3.04. The van der Waals surface area contributed by atoms with Crippen molar-refractivity contribution in [3.8, 4) is 35.0 Å². The summed E-state index contributed by atoms with van der Waals surface area (Å²) < 4.78 is 9.66. The van der Waals surface area contributed by atoms with Crippen LogP contribution in [-0.4, -0.2) is 48.0 Å². The lowest BCUT2D eigenvalue weighted by Gasteiger charge is -2.34. The molecular formula is C37H31BrN6O4. The number of nitrogens with one attached hydrogen (secondary N) is 1. The zero-order valence-electron chi connectivity index (χ0n) is 26.1. The summed E-state index contributed by atoms with van der Waals surface area (Å²) in [6.07, 6.45) is 11.1. The smallest absolute Gasteiger partial charge is 0.333 e. The molecule has 10 nitrogen and oxygen atoms in total. The first-order valence-electron chi connectivity index (χ1n) is 15.6. The van der Waals surface area contributed by atoms with Gasteiger partial charge in [-0.3, -0.25) is 18.7 Å². The molecule has 0 bridgehead atoms. The maximum absolute atomic E-state index is 14.2. The van der Waals surface area contributed by atoms with Gasteiger partial charge < -0.3 is 15.0 Å². The minimum Gasteiger partial charge on any atom is -0.490 e. The highest BCUT2D eigenvalue weighted by atomic mass is 79.9. The van der Waals surface area contributed by atoms with Crippen LogP contribution in [0.2, 0.25) is 0 Å². The minimum atomic E-state index is -0.447. The summed E-state index contributed by atoms with van der Waals surface area (Å²) in [5.41, 5.74) is 4.19. The third kappa shape index (κ3) is 6.02. The molecule has 1 N–H and O–H groups in total. The number of nitrogens with zero attached hydrogens (tertiary/aromatic N) is 5. The SMILES string of the molecule is C#Cc1cc(C(=O)N2Cc3c(C(=O)NCc4ccccc4-c4ccncn4)n(-c4ccc(OC5CC5)cc4)c(=O)n3C[C@@H]2C)ccc1Br. The summed E-state index contributed by atoms with van der Waals surface area (Å²) in [7, 11) is 0. The van der Waals surface area contributed by atoms with Gasteiger partial charge in [-0.05, 0) is 89.8 Å². The van der Waals surface area contributed by atoms with Crippen LogP contribution in [0.25, 0.3) is 16.9 Å². The Morgan fingerprint density at radius 3 is 2.60 bits per heavy atom. The van der Waals surface area contributed by atoms with Gasteiger partial charge >= 0.3 is 5.69 Å². The molecule has 0 spiro atoms. The number of rotatable bonds is 8. The predicted molar refractivity (Wildman–Crippen MR) is 184 cm³/mol. The Kier molecular flexibility index (Phi) is 8.41. The van der Waals surface area contributed by atoms with E-state index in [2.05, 4.69) is 37.1 Å². The highest BCUT2D eigenvalue weighted by molar-refractivity contribution is 9.10. The van der Waals surface area contributed by atoms with Gasteiger partial charge in [0.15, 0.2) is 0 Å². The van der Waals surface area contributed by atoms with Crippen LogP contribution in [0, 0.1) is 12.3 Å². The number of imidazole rings is 1. The van der Waals surface area contributed by atoms with Crippen molar-refractivity contribution in [3.05, 3.63) is 128 Å². The van der Waals surface area contributed by atoms with Gasteiger partial charge in [0.1, 0.15) is 17.8 Å². The average molecular weight is 704 g/mol. The minimum absolute atomic E-state index is 0.0485. The third-order valence-corrected chi connectivity index (χ3v) is 9.32. The topological polar surface area (TPSA) is 111 Å². The molecule has 1 saturated carbocycles. The lowest BCUT2D eigenvalue weighted by molar-refractivity contribution is 0.0610. The van der Waals surface area contributed by atoms with Gasteiger partial charge in [0.05, 0.1) is 29.7 Å². The lowest BCUT2D eigenvalue weighted by atomic mass is 10.0. The number of fused-ring (bicyclic) bond motifs is 1. The van der Waals surface area contributed by atoms with Crippen molar-refractivity contribution < 1.29 is 14.3 Å². The standard InChI is InChI=1S/C37H31BrN6O4/c1-3-24-18-25(8-15-31(24)38)36(46)42-21-33-34(35(45)40-19-26-6-4-5-7-30(26)32-16-17-39-22-41-32)44(37(47)43(33)20-23(42)2)27-9-11-28(12-10-27)48-29-13-14-29/h1,4-12,15-18,22-23,29H,13-14,19-21H2,2H3,(H,40,45)/t23-/m0/s1. The number of benzene rings is 3. The fraction of sp³-hybridized carbons (Fsp3) is 0.216. The molecule has 0 saturated heterocycles. The zero-order valence-corrected chi connectivity index (χ0v) is 27.7. The van der Waals surface area contributed by atoms with Gasteiger partial charge in [-0.25, -0.2) is 14.8 Å². The van der Waals surface area contributed by atoms with Gasteiger partial charge in [0, 0.05) is 46.5 Å². The normalized spacial score (nSPS) is 15.4. The second-order valence-electron chi connectivity index (χ2n) is 11.9. The number of amides is 2. The quantitative estimate of drug-likeness (QED) is 0.218. The van der Waals surface area contributed by atoms with Crippen LogP contribution in [0.15, 0.2) is 94.6 Å². The van der Waals surface area contributed by atoms with Crippen LogP contribution < -0.4 is 15.7 Å². The van der Waals surface area contributed by atoms with Crippen molar-refractivity contribution in [3.63, 3.8) is 0 Å². The largest absolute Gasteiger partial charge is 0.490 e. The Morgan fingerprint density at radius 2 is 1.88 bits per heavy atom. The number of aromatic nitrogens is 4. The van der Waals surface area contributed by atoms with Crippen LogP contribution in [0.5, 0.6) is 5.75 Å². The second-order valence-corrected chi connectivity index (χ2v) is 12.7. The van der Waals surface area contributed by atoms with E-state index in [1.54, 1.807) is 46.0 Å². The molecule has 3 aromatic carbocycles. The molecule has 7 rings (SSSR count). The Balaban J connectivity index is 1.26. The maximum atomic E-state index is 14.2. The van der Waals surface area contributed by atoms with Gasteiger partial charge in [0.25, 0.3) is 11.8 Å². The fourth-order valence-corrected chi connectivity index (χ4v) is 6.34. The fourth-order valence-electron chi connectivity index (χ4n) is 5.98. The molecule has 11 heteroatoms. The molecule has 48 heavy (non-hydrogen) atoms. The number of carbonyl (C=O) groups is 2. The third-order valence-electron chi connectivity index (χ3n) is 8.63. The molecule has 1 fully saturated rings. The van der Waals surface area contributed by atoms with E-state index in [0.717, 1.165) is 29.7 Å². The van der Waals surface area contributed by atoms with E-state index < -0.39 is 5.91 Å². The molecule has 0 radical (unpaired) electrons. The molecule has 1 aliphatic heterocycles. The van der Waals surface area contributed by atoms with Crippen molar-refractivity contribution in [1.82, 2.24) is 29.3 Å². The summed E-state index contributed by atoms with van der Waals surface area (Å²) >= 11 is 3.43. The Labute approximate surface area is 285 Å². The van der Waals surface area contributed by atoms with Gasteiger partial charge in [-0.15, -0.1) is 6.42 Å². The monoisotopic (exact) mass is 702 g/mol. The van der Waals surface area contributed by atoms with Crippen molar-refractivity contribution >= 4 is 27.7 Å². The first kappa shape index (κ1) is 31.1. The van der Waals surface area contributed by atoms with Crippen LogP contribution in [0.1, 0.15) is 57.4 Å². The van der Waals surface area contributed by atoms with Crippen LogP contribution >= 0.6 is 15.9 Å². The van der Waals surface area contributed by atoms with E-state index in [1.165, 1.54) is 10.9 Å². The molecule has 240 valence electrons. The Morgan fingerprint density at radius 1 is 1.08 bits per heavy atom. The zero-order chi connectivity index (χ0) is 33.4. The summed E-state index contributed by atoms with van der Waals surface area (Å²) in [6.45, 7) is 2.33. The Bertz CT molecular complexity index is 2130. The molecule has 2 aromatic heterocycles. The number of ether oxygens (including phenoxy) is 1. The van der Waals surface area contributed by atoms with Crippen LogP contribution in [-0.2, 0) is 19.6 Å². The maximum Gasteiger partial charge on any atom is 0.333 e. The second kappa shape index (κ2) is 13.0. The van der Waals surface area contributed by atoms with Crippen LogP contribution in [0.3, 0.4) is 0 Å². The first-order valence-corrected chi connectivity index (χ1v) is 16.4. The van der Waals surface area contributed by atoms with E-state index in [0.29, 0.717) is 32.7 Å². The molecule has 5 aromatic rings. The lowest BCUT2D eigenvalue weighted by Crippen LogP contribution is -2.47.